The van der Waals surface area contributed by atoms with Gasteiger partial charge in [0.15, 0.2) is 0 Å². The molecule has 0 aromatic heterocycles. The predicted octanol–water partition coefficient (Wildman–Crippen LogP) is 2.88. The minimum atomic E-state index is -3.66. The first-order valence-corrected chi connectivity index (χ1v) is 9.23. The van der Waals surface area contributed by atoms with Gasteiger partial charge in [0.25, 0.3) is 0 Å². The Hall–Kier alpha value is -1.96. The van der Waals surface area contributed by atoms with Crippen LogP contribution in [0.3, 0.4) is 0 Å². The van der Waals surface area contributed by atoms with E-state index in [2.05, 4.69) is 5.32 Å². The van der Waals surface area contributed by atoms with Crippen LogP contribution in [0, 0.1) is 5.82 Å². The van der Waals surface area contributed by atoms with Gasteiger partial charge in [-0.3, -0.25) is 4.79 Å². The minimum absolute atomic E-state index is 0.00584. The number of nitrogens with zero attached hydrogens (tertiary/aromatic N) is 1. The van der Waals surface area contributed by atoms with E-state index in [0.29, 0.717) is 10.6 Å². The van der Waals surface area contributed by atoms with Crippen LogP contribution < -0.4 is 5.32 Å². The third kappa shape index (κ3) is 5.02. The predicted molar refractivity (Wildman–Crippen MR) is 91.7 cm³/mol. The molecule has 5 nitrogen and oxygen atoms in total. The lowest BCUT2D eigenvalue weighted by molar-refractivity contribution is -0.116. The number of benzene rings is 2. The molecule has 0 radical (unpaired) electrons. The van der Waals surface area contributed by atoms with Crippen LogP contribution >= 0.6 is 11.6 Å². The largest absolute Gasteiger partial charge is 0.322 e. The Morgan fingerprint density at radius 1 is 1.17 bits per heavy atom. The van der Waals surface area contributed by atoms with Crippen LogP contribution in [-0.2, 0) is 21.4 Å². The number of rotatable bonds is 6. The number of sulfonamides is 1. The Morgan fingerprint density at radius 3 is 2.42 bits per heavy atom. The van der Waals surface area contributed by atoms with Crippen molar-refractivity contribution in [2.24, 2.45) is 0 Å². The van der Waals surface area contributed by atoms with Crippen LogP contribution in [0.1, 0.15) is 5.56 Å². The first-order chi connectivity index (χ1) is 11.3. The lowest BCUT2D eigenvalue weighted by Gasteiger charge is -2.20. The molecule has 8 heteroatoms. The van der Waals surface area contributed by atoms with Gasteiger partial charge in [-0.25, -0.2) is 12.8 Å². The van der Waals surface area contributed by atoms with Gasteiger partial charge in [0, 0.05) is 11.6 Å². The first-order valence-electron chi connectivity index (χ1n) is 7.00. The normalized spacial score (nSPS) is 11.5. The average molecular weight is 371 g/mol. The molecule has 128 valence electrons. The Bertz CT molecular complexity index is 843. The summed E-state index contributed by atoms with van der Waals surface area (Å²) in [5.74, 6) is -1.24. The van der Waals surface area contributed by atoms with Crippen molar-refractivity contribution in [1.29, 1.82) is 0 Å². The molecule has 0 aliphatic carbocycles. The van der Waals surface area contributed by atoms with Gasteiger partial charge >= 0.3 is 0 Å². The lowest BCUT2D eigenvalue weighted by Crippen LogP contribution is -2.37. The summed E-state index contributed by atoms with van der Waals surface area (Å²) in [7, 11) is -3.66. The minimum Gasteiger partial charge on any atom is -0.322 e. The highest BCUT2D eigenvalue weighted by Crippen LogP contribution is 2.19. The molecule has 24 heavy (non-hydrogen) atoms. The Kier molecular flexibility index (Phi) is 5.93. The van der Waals surface area contributed by atoms with Gasteiger partial charge in [-0.05, 0) is 23.8 Å². The summed E-state index contributed by atoms with van der Waals surface area (Å²) >= 11 is 6.03. The second-order valence-electron chi connectivity index (χ2n) is 5.15. The van der Waals surface area contributed by atoms with Gasteiger partial charge in [-0.2, -0.15) is 4.31 Å². The monoisotopic (exact) mass is 370 g/mol. The number of hydrogen-bond donors (Lipinski definition) is 1. The maximum Gasteiger partial charge on any atom is 0.239 e. The van der Waals surface area contributed by atoms with Gasteiger partial charge in [0.05, 0.1) is 18.5 Å². The number of carbonyl (C=O) groups excluding carboxylic acids is 1. The standard InChI is InChI=1S/C16H16ClFN2O3S/c1-24(22,23)20(10-12-6-2-3-7-13(12)17)11-16(21)19-15-9-5-4-8-14(15)18/h2-9H,10-11H2,1H3,(H,19,21). The van der Waals surface area contributed by atoms with E-state index < -0.39 is 28.3 Å². The van der Waals surface area contributed by atoms with E-state index in [0.717, 1.165) is 10.6 Å². The summed E-state index contributed by atoms with van der Waals surface area (Å²) in [6.07, 6.45) is 1.00. The summed E-state index contributed by atoms with van der Waals surface area (Å²) in [5, 5.41) is 2.76. The summed E-state index contributed by atoms with van der Waals surface area (Å²) < 4.78 is 38.4. The van der Waals surface area contributed by atoms with Gasteiger partial charge in [0.2, 0.25) is 15.9 Å². The van der Waals surface area contributed by atoms with Gasteiger partial charge < -0.3 is 5.32 Å². The summed E-state index contributed by atoms with van der Waals surface area (Å²) in [6.45, 7) is -0.498. The molecule has 2 aromatic rings. The maximum atomic E-state index is 13.6. The molecule has 1 N–H and O–H groups in total. The third-order valence-corrected chi connectivity index (χ3v) is 4.81. The number of anilines is 1. The zero-order valence-corrected chi connectivity index (χ0v) is 14.4. The van der Waals surface area contributed by atoms with Gasteiger partial charge in [0.1, 0.15) is 5.82 Å². The van der Waals surface area contributed by atoms with Crippen LogP contribution in [0.2, 0.25) is 5.02 Å². The van der Waals surface area contributed by atoms with Crippen molar-refractivity contribution in [3.63, 3.8) is 0 Å². The van der Waals surface area contributed by atoms with E-state index in [-0.39, 0.29) is 12.2 Å². The fraction of sp³-hybridized carbons (Fsp3) is 0.188. The smallest absolute Gasteiger partial charge is 0.239 e. The van der Waals surface area contributed by atoms with E-state index >= 15 is 0 Å². The van der Waals surface area contributed by atoms with E-state index in [1.165, 1.54) is 18.2 Å². The molecule has 0 aliphatic heterocycles. The molecule has 0 unspecified atom stereocenters. The van der Waals surface area contributed by atoms with Gasteiger partial charge in [-0.15, -0.1) is 0 Å². The molecule has 2 rings (SSSR count). The second-order valence-corrected chi connectivity index (χ2v) is 7.54. The molecule has 0 aliphatic rings. The van der Waals surface area contributed by atoms with Gasteiger partial charge in [-0.1, -0.05) is 41.9 Å². The number of carbonyl (C=O) groups is 1. The van der Waals surface area contributed by atoms with E-state index in [1.807, 2.05) is 0 Å². The van der Waals surface area contributed by atoms with Crippen LogP contribution in [0.4, 0.5) is 10.1 Å². The highest BCUT2D eigenvalue weighted by Gasteiger charge is 2.22. The summed E-state index contributed by atoms with van der Waals surface area (Å²) in [5.41, 5.74) is 0.567. The number of amides is 1. The number of nitrogens with one attached hydrogen (secondary N) is 1. The van der Waals surface area contributed by atoms with Crippen LogP contribution in [0.25, 0.3) is 0 Å². The van der Waals surface area contributed by atoms with Crippen molar-refractivity contribution in [3.8, 4) is 0 Å². The number of halogens is 2. The topological polar surface area (TPSA) is 66.5 Å². The molecule has 0 heterocycles. The molecule has 0 saturated heterocycles. The second kappa shape index (κ2) is 7.74. The van der Waals surface area contributed by atoms with E-state index in [1.54, 1.807) is 30.3 Å². The fourth-order valence-electron chi connectivity index (χ4n) is 2.02. The van der Waals surface area contributed by atoms with Crippen molar-refractivity contribution in [1.82, 2.24) is 4.31 Å². The zero-order chi connectivity index (χ0) is 17.7. The molecular weight excluding hydrogens is 355 g/mol. The SMILES string of the molecule is CS(=O)(=O)N(CC(=O)Nc1ccccc1F)Cc1ccccc1Cl. The molecule has 1 amide bonds. The summed E-state index contributed by atoms with van der Waals surface area (Å²) in [6, 6.07) is 12.4. The van der Waals surface area contributed by atoms with Crippen LogP contribution in [0.15, 0.2) is 48.5 Å². The number of para-hydroxylation sites is 1. The molecule has 0 spiro atoms. The lowest BCUT2D eigenvalue weighted by atomic mass is 10.2. The van der Waals surface area contributed by atoms with Crippen LogP contribution in [0.5, 0.6) is 0 Å². The van der Waals surface area contributed by atoms with E-state index in [9.17, 15) is 17.6 Å². The maximum absolute atomic E-state index is 13.6. The molecule has 0 fully saturated rings. The Labute approximate surface area is 145 Å². The van der Waals surface area contributed by atoms with Crippen molar-refractivity contribution in [3.05, 3.63) is 64.9 Å². The van der Waals surface area contributed by atoms with Crippen molar-refractivity contribution in [2.45, 2.75) is 6.54 Å². The summed E-state index contributed by atoms with van der Waals surface area (Å²) in [4.78, 5) is 12.1. The molecular formula is C16H16ClFN2O3S. The highest BCUT2D eigenvalue weighted by molar-refractivity contribution is 7.88. The van der Waals surface area contributed by atoms with Crippen molar-refractivity contribution in [2.75, 3.05) is 18.1 Å². The molecule has 0 bridgehead atoms. The molecule has 0 atom stereocenters. The third-order valence-electron chi connectivity index (χ3n) is 3.24. The Balaban J connectivity index is 2.14. The van der Waals surface area contributed by atoms with Crippen LogP contribution in [-0.4, -0.2) is 31.4 Å². The molecule has 0 saturated carbocycles. The van der Waals surface area contributed by atoms with E-state index in [4.69, 9.17) is 11.6 Å². The highest BCUT2D eigenvalue weighted by atomic mass is 35.5. The first kappa shape index (κ1) is 18.4. The zero-order valence-electron chi connectivity index (χ0n) is 12.9. The van der Waals surface area contributed by atoms with Crippen molar-refractivity contribution >= 4 is 33.2 Å². The molecule has 2 aromatic carbocycles. The quantitative estimate of drug-likeness (QED) is 0.850. The van der Waals surface area contributed by atoms with Crippen molar-refractivity contribution < 1.29 is 17.6 Å². The average Bonchev–Trinajstić information content (AvgIpc) is 2.50. The Morgan fingerprint density at radius 2 is 1.79 bits per heavy atom. The number of hydrogen-bond acceptors (Lipinski definition) is 3. The fourth-order valence-corrected chi connectivity index (χ4v) is 2.94.